The number of carbonyl (C=O) groups is 1. The van der Waals surface area contributed by atoms with E-state index in [1.54, 1.807) is 37.5 Å². The third-order valence-electron chi connectivity index (χ3n) is 3.52. The minimum atomic E-state index is -0.231. The highest BCUT2D eigenvalue weighted by molar-refractivity contribution is 9.10. The van der Waals surface area contributed by atoms with Gasteiger partial charge in [0.05, 0.1) is 29.3 Å². The van der Waals surface area contributed by atoms with Crippen LogP contribution < -0.4 is 14.8 Å². The highest BCUT2D eigenvalue weighted by Crippen LogP contribution is 2.37. The Bertz CT molecular complexity index is 910. The van der Waals surface area contributed by atoms with E-state index in [-0.39, 0.29) is 11.7 Å². The maximum atomic E-state index is 12.2. The van der Waals surface area contributed by atoms with Gasteiger partial charge in [0, 0.05) is 0 Å². The van der Waals surface area contributed by atoms with E-state index in [0.29, 0.717) is 26.0 Å². The molecule has 8 heteroatoms. The molecule has 1 heterocycles. The predicted molar refractivity (Wildman–Crippen MR) is 106 cm³/mol. The van der Waals surface area contributed by atoms with Gasteiger partial charge in [-0.25, -0.2) is 4.99 Å². The van der Waals surface area contributed by atoms with Crippen LogP contribution in [-0.2, 0) is 4.79 Å². The molecule has 0 spiro atoms. The first-order valence-electron chi connectivity index (χ1n) is 7.50. The molecule has 1 saturated heterocycles. The Morgan fingerprint density at radius 1 is 1.19 bits per heavy atom. The largest absolute Gasteiger partial charge is 0.503 e. The summed E-state index contributed by atoms with van der Waals surface area (Å²) >= 11 is 4.51. The maximum absolute atomic E-state index is 12.2. The summed E-state index contributed by atoms with van der Waals surface area (Å²) in [4.78, 5) is 17.1. The summed E-state index contributed by atoms with van der Waals surface area (Å²) in [5.41, 5.74) is 1.43. The van der Waals surface area contributed by atoms with Gasteiger partial charge in [-0.3, -0.25) is 4.79 Å². The number of nitrogens with one attached hydrogen (secondary N) is 1. The molecule has 6 nitrogen and oxygen atoms in total. The van der Waals surface area contributed by atoms with Crippen molar-refractivity contribution in [2.75, 3.05) is 14.2 Å². The van der Waals surface area contributed by atoms with E-state index in [9.17, 15) is 9.90 Å². The van der Waals surface area contributed by atoms with E-state index in [1.165, 1.54) is 18.9 Å². The van der Waals surface area contributed by atoms with Crippen LogP contribution in [0.5, 0.6) is 17.2 Å². The lowest BCUT2D eigenvalue weighted by Crippen LogP contribution is -2.19. The van der Waals surface area contributed by atoms with Crippen molar-refractivity contribution < 1.29 is 19.4 Å². The number of amidine groups is 1. The molecule has 2 aromatic carbocycles. The van der Waals surface area contributed by atoms with Crippen molar-refractivity contribution in [3.63, 3.8) is 0 Å². The van der Waals surface area contributed by atoms with Gasteiger partial charge in [-0.15, -0.1) is 0 Å². The van der Waals surface area contributed by atoms with E-state index in [0.717, 1.165) is 11.3 Å². The standard InChI is InChI=1S/C18H15BrN2O4S/c1-24-12-5-3-11(4-6-12)20-18-21-17(23)15(26-18)9-10-7-13(19)16(22)14(8-10)25-2/h3-9,22H,1-2H3,(H,20,21,23). The number of hydrogen-bond acceptors (Lipinski definition) is 6. The van der Waals surface area contributed by atoms with Crippen molar-refractivity contribution >= 4 is 50.5 Å². The Kier molecular flexibility index (Phi) is 5.53. The van der Waals surface area contributed by atoms with Gasteiger partial charge < -0.3 is 19.9 Å². The number of rotatable bonds is 4. The lowest BCUT2D eigenvalue weighted by Gasteiger charge is -2.06. The van der Waals surface area contributed by atoms with Crippen LogP contribution in [0.4, 0.5) is 5.69 Å². The number of aliphatic imine (C=N–C) groups is 1. The lowest BCUT2D eigenvalue weighted by molar-refractivity contribution is -0.115. The van der Waals surface area contributed by atoms with Crippen molar-refractivity contribution in [1.29, 1.82) is 0 Å². The van der Waals surface area contributed by atoms with Crippen LogP contribution in [0.1, 0.15) is 5.56 Å². The molecule has 26 heavy (non-hydrogen) atoms. The second-order valence-corrected chi connectivity index (χ2v) is 7.12. The molecule has 0 saturated carbocycles. The van der Waals surface area contributed by atoms with Crippen molar-refractivity contribution in [2.24, 2.45) is 4.99 Å². The number of methoxy groups -OCH3 is 2. The van der Waals surface area contributed by atoms with Crippen LogP contribution in [0.3, 0.4) is 0 Å². The van der Waals surface area contributed by atoms with E-state index in [1.807, 2.05) is 12.1 Å². The molecule has 0 atom stereocenters. The number of phenols is 1. The fourth-order valence-electron chi connectivity index (χ4n) is 2.24. The number of amides is 1. The second-order valence-electron chi connectivity index (χ2n) is 5.23. The number of ether oxygens (including phenoxy) is 2. The summed E-state index contributed by atoms with van der Waals surface area (Å²) < 4.78 is 10.7. The number of halogens is 1. The summed E-state index contributed by atoms with van der Waals surface area (Å²) in [5.74, 6) is 0.844. The molecular weight excluding hydrogens is 420 g/mol. The molecule has 2 N–H and O–H groups in total. The first kappa shape index (κ1) is 18.3. The summed E-state index contributed by atoms with van der Waals surface area (Å²) in [5, 5.41) is 13.1. The monoisotopic (exact) mass is 434 g/mol. The van der Waals surface area contributed by atoms with E-state index >= 15 is 0 Å². The molecule has 0 aliphatic carbocycles. The van der Waals surface area contributed by atoms with Crippen LogP contribution in [0.2, 0.25) is 0 Å². The molecular formula is C18H15BrN2O4S. The van der Waals surface area contributed by atoms with Crippen LogP contribution in [-0.4, -0.2) is 30.4 Å². The van der Waals surface area contributed by atoms with Gasteiger partial charge in [-0.2, -0.15) is 0 Å². The van der Waals surface area contributed by atoms with Gasteiger partial charge in [0.1, 0.15) is 5.75 Å². The number of carbonyl (C=O) groups excluding carboxylic acids is 1. The van der Waals surface area contributed by atoms with Gasteiger partial charge in [-0.1, -0.05) is 0 Å². The van der Waals surface area contributed by atoms with Crippen molar-refractivity contribution in [2.45, 2.75) is 0 Å². The number of hydrogen-bond donors (Lipinski definition) is 2. The Labute approximate surface area is 163 Å². The molecule has 0 aromatic heterocycles. The summed E-state index contributed by atoms with van der Waals surface area (Å²) in [7, 11) is 3.07. The van der Waals surface area contributed by atoms with Crippen molar-refractivity contribution in [1.82, 2.24) is 5.32 Å². The fraction of sp³-hybridized carbons (Fsp3) is 0.111. The number of benzene rings is 2. The Morgan fingerprint density at radius 2 is 1.92 bits per heavy atom. The fourth-order valence-corrected chi connectivity index (χ4v) is 3.54. The zero-order valence-electron chi connectivity index (χ0n) is 13.9. The third-order valence-corrected chi connectivity index (χ3v) is 5.04. The Morgan fingerprint density at radius 3 is 2.58 bits per heavy atom. The average molecular weight is 435 g/mol. The smallest absolute Gasteiger partial charge is 0.264 e. The molecule has 1 aliphatic heterocycles. The van der Waals surface area contributed by atoms with E-state index in [4.69, 9.17) is 9.47 Å². The van der Waals surface area contributed by atoms with Crippen LogP contribution in [0, 0.1) is 0 Å². The van der Waals surface area contributed by atoms with Gasteiger partial charge in [0.2, 0.25) is 0 Å². The van der Waals surface area contributed by atoms with Gasteiger partial charge >= 0.3 is 0 Å². The summed E-state index contributed by atoms with van der Waals surface area (Å²) in [6.07, 6.45) is 1.71. The van der Waals surface area contributed by atoms with Crippen LogP contribution in [0.15, 0.2) is 50.8 Å². The molecule has 2 aromatic rings. The average Bonchev–Trinajstić information content (AvgIpc) is 2.97. The van der Waals surface area contributed by atoms with Crippen LogP contribution in [0.25, 0.3) is 6.08 Å². The third kappa shape index (κ3) is 4.03. The highest BCUT2D eigenvalue weighted by Gasteiger charge is 2.24. The number of nitrogens with zero attached hydrogens (tertiary/aromatic N) is 1. The molecule has 134 valence electrons. The highest BCUT2D eigenvalue weighted by atomic mass is 79.9. The Hall–Kier alpha value is -2.45. The predicted octanol–water partition coefficient (Wildman–Crippen LogP) is 4.06. The lowest BCUT2D eigenvalue weighted by atomic mass is 10.2. The molecule has 0 radical (unpaired) electrons. The van der Waals surface area contributed by atoms with E-state index in [2.05, 4.69) is 26.2 Å². The van der Waals surface area contributed by atoms with Crippen molar-refractivity contribution in [3.8, 4) is 17.2 Å². The molecule has 0 unspecified atom stereocenters. The summed E-state index contributed by atoms with van der Waals surface area (Å²) in [6.45, 7) is 0. The minimum absolute atomic E-state index is 0.0138. The van der Waals surface area contributed by atoms with Gasteiger partial charge in [-0.05, 0) is 75.7 Å². The normalized spacial score (nSPS) is 16.8. The molecule has 1 amide bonds. The number of aromatic hydroxyl groups is 1. The van der Waals surface area contributed by atoms with E-state index < -0.39 is 0 Å². The molecule has 1 fully saturated rings. The second kappa shape index (κ2) is 7.84. The number of phenolic OH excluding ortho intramolecular Hbond substituents is 1. The maximum Gasteiger partial charge on any atom is 0.264 e. The Balaban J connectivity index is 1.84. The summed E-state index contributed by atoms with van der Waals surface area (Å²) in [6, 6.07) is 10.6. The first-order chi connectivity index (χ1) is 12.5. The van der Waals surface area contributed by atoms with Gasteiger partial charge in [0.15, 0.2) is 16.7 Å². The molecule has 1 aliphatic rings. The van der Waals surface area contributed by atoms with Crippen LogP contribution >= 0.6 is 27.7 Å². The van der Waals surface area contributed by atoms with Crippen molar-refractivity contribution in [3.05, 3.63) is 51.3 Å². The number of thioether (sulfide) groups is 1. The SMILES string of the molecule is COc1ccc(N=C2NC(=O)C(=Cc3cc(Br)c(O)c(OC)c3)S2)cc1. The zero-order chi connectivity index (χ0) is 18.7. The minimum Gasteiger partial charge on any atom is -0.503 e. The zero-order valence-corrected chi connectivity index (χ0v) is 16.3. The quantitative estimate of drug-likeness (QED) is 0.709. The first-order valence-corrected chi connectivity index (χ1v) is 9.11. The topological polar surface area (TPSA) is 80.2 Å². The molecule has 0 bridgehead atoms. The van der Waals surface area contributed by atoms with Gasteiger partial charge in [0.25, 0.3) is 5.91 Å². The molecule has 3 rings (SSSR count).